The van der Waals surface area contributed by atoms with E-state index in [9.17, 15) is 0 Å². The normalized spacial score (nSPS) is 11.8. The van der Waals surface area contributed by atoms with Gasteiger partial charge in [0.25, 0.3) is 0 Å². The average Bonchev–Trinajstić information content (AvgIpc) is 4.15. The molecule has 318 valence electrons. The minimum Gasteiger partial charge on any atom is -0.320 e. The Morgan fingerprint density at radius 2 is 0.267 bits per heavy atom. The Kier molecular flexibility index (Phi) is 13.1. The Bertz CT molecular complexity index is 1970. The molecule has 7 aromatic rings. The minimum absolute atomic E-state index is 0.989. The van der Waals surface area contributed by atoms with Crippen LogP contribution in [-0.4, -0.2) is 27.4 Å². The molecule has 6 aromatic heterocycles. The van der Waals surface area contributed by atoms with E-state index in [2.05, 4.69) is 185 Å². The molecule has 0 aliphatic carbocycles. The molecule has 0 bridgehead atoms. The average molecular weight is 805 g/mol. The third-order valence-electron chi connectivity index (χ3n) is 13.5. The van der Waals surface area contributed by atoms with Gasteiger partial charge >= 0.3 is 0 Å². The Morgan fingerprint density at radius 1 is 0.183 bits per heavy atom. The molecule has 0 radical (unpaired) electrons. The van der Waals surface area contributed by atoms with Crippen LogP contribution in [0.1, 0.15) is 150 Å². The molecule has 0 N–H and O–H groups in total. The van der Waals surface area contributed by atoms with Crippen LogP contribution in [0.2, 0.25) is 0 Å². The first-order valence-corrected chi connectivity index (χ1v) is 23.6. The van der Waals surface area contributed by atoms with E-state index in [0.717, 1.165) is 77.0 Å². The quantitative estimate of drug-likeness (QED) is 0.0827. The van der Waals surface area contributed by atoms with Crippen molar-refractivity contribution >= 4 is 0 Å². The van der Waals surface area contributed by atoms with Gasteiger partial charge in [-0.15, -0.1) is 0 Å². The van der Waals surface area contributed by atoms with Crippen molar-refractivity contribution in [2.75, 3.05) is 0 Å². The lowest BCUT2D eigenvalue weighted by atomic mass is 10.1. The zero-order valence-corrected chi connectivity index (χ0v) is 39.1. The van der Waals surface area contributed by atoms with E-state index in [1.54, 1.807) is 0 Å². The highest BCUT2D eigenvalue weighted by molar-refractivity contribution is 5.89. The number of nitrogens with zero attached hydrogens (tertiary/aromatic N) is 6. The summed E-state index contributed by atoms with van der Waals surface area (Å²) in [6, 6.07) is 0. The third kappa shape index (κ3) is 7.39. The molecule has 0 aliphatic heterocycles. The summed E-state index contributed by atoms with van der Waals surface area (Å²) >= 11 is 0. The summed E-state index contributed by atoms with van der Waals surface area (Å²) in [6.45, 7) is 27.7. The number of hydrogen-bond donors (Lipinski definition) is 0. The SMILES string of the molecule is CCc1cn(-c2c(-n3cc(CC)c(CC)c3)c(-n3cc(CC)c(CC)c3)c(-n3cc(CC)c(CC)c3)c(-n3cc(CC)c(CC)c3)c2-n2cc(CC)c(CC)c2)cc1CC. The van der Waals surface area contributed by atoms with Crippen LogP contribution in [-0.2, 0) is 77.0 Å². The first-order chi connectivity index (χ1) is 29.2. The summed E-state index contributed by atoms with van der Waals surface area (Å²) in [5.41, 5.74) is 24.1. The van der Waals surface area contributed by atoms with Crippen LogP contribution >= 0.6 is 0 Å². The van der Waals surface area contributed by atoms with Crippen LogP contribution in [0, 0.1) is 0 Å². The van der Waals surface area contributed by atoms with E-state index in [1.165, 1.54) is 101 Å². The van der Waals surface area contributed by atoms with Crippen molar-refractivity contribution in [2.24, 2.45) is 0 Å². The Hall–Kier alpha value is -5.10. The lowest BCUT2D eigenvalue weighted by Gasteiger charge is -2.29. The van der Waals surface area contributed by atoms with Gasteiger partial charge in [-0.3, -0.25) is 0 Å². The monoisotopic (exact) mass is 805 g/mol. The summed E-state index contributed by atoms with van der Waals surface area (Å²) in [5, 5.41) is 0. The summed E-state index contributed by atoms with van der Waals surface area (Å²) < 4.78 is 15.0. The van der Waals surface area contributed by atoms with Crippen molar-refractivity contribution in [3.63, 3.8) is 0 Å². The van der Waals surface area contributed by atoms with Crippen LogP contribution in [0.4, 0.5) is 0 Å². The van der Waals surface area contributed by atoms with E-state index in [-0.39, 0.29) is 0 Å². The molecule has 6 heterocycles. The van der Waals surface area contributed by atoms with Gasteiger partial charge in [0, 0.05) is 74.4 Å². The van der Waals surface area contributed by atoms with E-state index in [4.69, 9.17) is 0 Å². The highest BCUT2D eigenvalue weighted by Crippen LogP contribution is 2.46. The maximum absolute atomic E-state index is 2.51. The second kappa shape index (κ2) is 18.3. The number of rotatable bonds is 18. The second-order valence-corrected chi connectivity index (χ2v) is 16.6. The van der Waals surface area contributed by atoms with Crippen molar-refractivity contribution in [3.05, 3.63) is 141 Å². The van der Waals surface area contributed by atoms with E-state index < -0.39 is 0 Å². The molecular formula is C54H72N6. The molecule has 0 spiro atoms. The van der Waals surface area contributed by atoms with Crippen LogP contribution < -0.4 is 0 Å². The second-order valence-electron chi connectivity index (χ2n) is 16.6. The zero-order chi connectivity index (χ0) is 42.8. The first-order valence-electron chi connectivity index (χ1n) is 23.6. The summed E-state index contributed by atoms with van der Waals surface area (Å²) in [4.78, 5) is 0. The van der Waals surface area contributed by atoms with E-state index >= 15 is 0 Å². The van der Waals surface area contributed by atoms with Gasteiger partial charge in [0.1, 0.15) is 0 Å². The predicted octanol–water partition coefficient (Wildman–Crippen LogP) is 13.2. The fraction of sp³-hybridized carbons (Fsp3) is 0.444. The molecular weight excluding hydrogens is 733 g/mol. The van der Waals surface area contributed by atoms with Gasteiger partial charge < -0.3 is 27.4 Å². The molecule has 0 saturated heterocycles. The van der Waals surface area contributed by atoms with Gasteiger partial charge in [-0.1, -0.05) is 83.1 Å². The number of hydrogen-bond acceptors (Lipinski definition) is 0. The Morgan fingerprint density at radius 3 is 0.333 bits per heavy atom. The highest BCUT2D eigenvalue weighted by Gasteiger charge is 2.32. The molecule has 6 heteroatoms. The van der Waals surface area contributed by atoms with Gasteiger partial charge in [0.05, 0.1) is 34.1 Å². The zero-order valence-electron chi connectivity index (χ0n) is 39.1. The number of benzene rings is 1. The molecule has 60 heavy (non-hydrogen) atoms. The molecule has 0 unspecified atom stereocenters. The summed E-state index contributed by atoms with van der Waals surface area (Å²) in [7, 11) is 0. The topological polar surface area (TPSA) is 29.6 Å². The predicted molar refractivity (Wildman–Crippen MR) is 255 cm³/mol. The fourth-order valence-corrected chi connectivity index (χ4v) is 9.97. The van der Waals surface area contributed by atoms with Crippen molar-refractivity contribution in [1.29, 1.82) is 0 Å². The fourth-order valence-electron chi connectivity index (χ4n) is 9.97. The van der Waals surface area contributed by atoms with Crippen LogP contribution in [0.25, 0.3) is 34.1 Å². The van der Waals surface area contributed by atoms with Crippen LogP contribution in [0.3, 0.4) is 0 Å². The standard InChI is InChI=1S/C54H72N6/c1-13-37-25-55(26-38(37)14-2)49-50(56-27-39(15-3)40(16-4)28-56)52(58-31-43(19-7)44(20-8)32-58)54(60-35-47(23-11)48(24-12)36-60)53(59-33-45(21-9)46(22-10)34-59)51(49)57-29-41(17-5)42(18-6)30-57/h25-36H,13-24H2,1-12H3. The maximum Gasteiger partial charge on any atom is 0.0981 e. The molecule has 1 aromatic carbocycles. The molecule has 0 atom stereocenters. The minimum atomic E-state index is 0.989. The van der Waals surface area contributed by atoms with Crippen LogP contribution in [0.5, 0.6) is 0 Å². The molecule has 0 aliphatic rings. The summed E-state index contributed by atoms with van der Waals surface area (Å²) in [5.74, 6) is 0. The Balaban J connectivity index is 1.87. The Labute approximate surface area is 361 Å². The molecule has 0 amide bonds. The van der Waals surface area contributed by atoms with E-state index in [1.807, 2.05) is 0 Å². The highest BCUT2D eigenvalue weighted by atomic mass is 15.2. The molecule has 7 rings (SSSR count). The van der Waals surface area contributed by atoms with Gasteiger partial charge in [-0.25, -0.2) is 0 Å². The van der Waals surface area contributed by atoms with Gasteiger partial charge in [-0.05, 0) is 144 Å². The third-order valence-corrected chi connectivity index (χ3v) is 13.5. The maximum atomic E-state index is 2.51. The molecule has 0 fully saturated rings. The largest absolute Gasteiger partial charge is 0.320 e. The lowest BCUT2D eigenvalue weighted by Crippen LogP contribution is -2.18. The first kappa shape index (κ1) is 43.0. The van der Waals surface area contributed by atoms with E-state index in [0.29, 0.717) is 0 Å². The number of aromatic nitrogens is 6. The van der Waals surface area contributed by atoms with Crippen molar-refractivity contribution < 1.29 is 0 Å². The smallest absolute Gasteiger partial charge is 0.0981 e. The lowest BCUT2D eigenvalue weighted by molar-refractivity contribution is 0.879. The number of aryl methyl sites for hydroxylation is 12. The molecule has 6 nitrogen and oxygen atoms in total. The van der Waals surface area contributed by atoms with Crippen molar-refractivity contribution in [1.82, 2.24) is 27.4 Å². The van der Waals surface area contributed by atoms with Crippen molar-refractivity contribution in [3.8, 4) is 34.1 Å². The van der Waals surface area contributed by atoms with Crippen molar-refractivity contribution in [2.45, 2.75) is 160 Å². The van der Waals surface area contributed by atoms with Gasteiger partial charge in [-0.2, -0.15) is 0 Å². The summed E-state index contributed by atoms with van der Waals surface area (Å²) in [6.07, 6.45) is 41.2. The van der Waals surface area contributed by atoms with Crippen LogP contribution in [0.15, 0.2) is 74.4 Å². The molecule has 0 saturated carbocycles. The van der Waals surface area contributed by atoms with Gasteiger partial charge in [0.15, 0.2) is 0 Å². The van der Waals surface area contributed by atoms with Gasteiger partial charge in [0.2, 0.25) is 0 Å².